The molecule has 1 fully saturated rings. The summed E-state index contributed by atoms with van der Waals surface area (Å²) in [5.41, 5.74) is 2.71. The maximum absolute atomic E-state index is 5.40. The van der Waals surface area contributed by atoms with E-state index < -0.39 is 0 Å². The Labute approximate surface area is 104 Å². The van der Waals surface area contributed by atoms with E-state index in [0.29, 0.717) is 6.04 Å². The quantitative estimate of drug-likeness (QED) is 0.863. The summed E-state index contributed by atoms with van der Waals surface area (Å²) < 4.78 is 5.40. The summed E-state index contributed by atoms with van der Waals surface area (Å²) in [4.78, 5) is 0. The van der Waals surface area contributed by atoms with E-state index >= 15 is 0 Å². The van der Waals surface area contributed by atoms with E-state index in [1.165, 1.54) is 24.0 Å². The molecule has 0 aromatic heterocycles. The summed E-state index contributed by atoms with van der Waals surface area (Å²) in [6, 6.07) is 9.30. The Morgan fingerprint density at radius 1 is 1.35 bits per heavy atom. The van der Waals surface area contributed by atoms with Gasteiger partial charge in [-0.15, -0.1) is 0 Å². The van der Waals surface area contributed by atoms with Crippen LogP contribution in [0.4, 0.5) is 0 Å². The van der Waals surface area contributed by atoms with E-state index in [1.807, 2.05) is 0 Å². The molecule has 1 atom stereocenters. The van der Waals surface area contributed by atoms with Gasteiger partial charge in [0.25, 0.3) is 0 Å². The average molecular weight is 233 g/mol. The zero-order chi connectivity index (χ0) is 12.1. The lowest BCUT2D eigenvalue weighted by Gasteiger charge is -2.28. The first-order valence-electron chi connectivity index (χ1n) is 6.62. The van der Waals surface area contributed by atoms with Crippen molar-refractivity contribution in [3.63, 3.8) is 0 Å². The van der Waals surface area contributed by atoms with E-state index in [0.717, 1.165) is 25.7 Å². The van der Waals surface area contributed by atoms with Crippen LogP contribution in [0.5, 0.6) is 0 Å². The van der Waals surface area contributed by atoms with Crippen molar-refractivity contribution >= 4 is 0 Å². The van der Waals surface area contributed by atoms with Crippen LogP contribution >= 0.6 is 0 Å². The summed E-state index contributed by atoms with van der Waals surface area (Å²) in [5, 5.41) is 3.64. The van der Waals surface area contributed by atoms with Crippen molar-refractivity contribution in [1.29, 1.82) is 0 Å². The topological polar surface area (TPSA) is 21.3 Å². The number of hydrogen-bond donors (Lipinski definition) is 1. The number of hydrogen-bond acceptors (Lipinski definition) is 2. The van der Waals surface area contributed by atoms with Gasteiger partial charge in [-0.3, -0.25) is 0 Å². The van der Waals surface area contributed by atoms with Crippen LogP contribution in [0.15, 0.2) is 24.3 Å². The number of nitrogens with one attached hydrogen (secondary N) is 1. The molecule has 1 saturated heterocycles. The molecule has 2 heteroatoms. The zero-order valence-electron chi connectivity index (χ0n) is 10.9. The molecule has 2 nitrogen and oxygen atoms in total. The van der Waals surface area contributed by atoms with Crippen LogP contribution in [0.2, 0.25) is 0 Å². The molecule has 1 heterocycles. The molecule has 1 aromatic rings. The lowest BCUT2D eigenvalue weighted by Crippen LogP contribution is -2.36. The van der Waals surface area contributed by atoms with Gasteiger partial charge in [0.15, 0.2) is 0 Å². The normalized spacial score (nSPS) is 19.2. The first-order valence-corrected chi connectivity index (χ1v) is 6.62. The highest BCUT2D eigenvalue weighted by atomic mass is 16.5. The molecule has 0 saturated carbocycles. The maximum atomic E-state index is 5.40. The molecule has 17 heavy (non-hydrogen) atoms. The number of ether oxygens (including phenoxy) is 1. The van der Waals surface area contributed by atoms with Gasteiger partial charge in [0.1, 0.15) is 0 Å². The third-order valence-electron chi connectivity index (χ3n) is 3.68. The predicted molar refractivity (Wildman–Crippen MR) is 71.0 cm³/mol. The van der Waals surface area contributed by atoms with Crippen LogP contribution in [0, 0.1) is 12.8 Å². The molecule has 0 spiro atoms. The minimum absolute atomic E-state index is 0.583. The van der Waals surface area contributed by atoms with Gasteiger partial charge in [-0.05, 0) is 38.2 Å². The molecule has 0 bridgehead atoms. The first-order chi connectivity index (χ1) is 8.25. The van der Waals surface area contributed by atoms with Crippen LogP contribution < -0.4 is 5.32 Å². The molecule has 1 N–H and O–H groups in total. The van der Waals surface area contributed by atoms with E-state index in [9.17, 15) is 0 Å². The van der Waals surface area contributed by atoms with Crippen LogP contribution in [-0.2, 0) is 11.3 Å². The van der Waals surface area contributed by atoms with E-state index in [1.54, 1.807) is 0 Å². The van der Waals surface area contributed by atoms with Gasteiger partial charge >= 0.3 is 0 Å². The van der Waals surface area contributed by atoms with Crippen molar-refractivity contribution < 1.29 is 4.74 Å². The van der Waals surface area contributed by atoms with Gasteiger partial charge in [0, 0.05) is 25.8 Å². The highest BCUT2D eigenvalue weighted by Gasteiger charge is 2.19. The number of aryl methyl sites for hydroxylation is 1. The zero-order valence-corrected chi connectivity index (χ0v) is 10.9. The summed E-state index contributed by atoms with van der Waals surface area (Å²) >= 11 is 0. The van der Waals surface area contributed by atoms with E-state index in [4.69, 9.17) is 4.74 Å². The fourth-order valence-electron chi connectivity index (χ4n) is 2.48. The molecular formula is C15H23NO. The van der Waals surface area contributed by atoms with Crippen LogP contribution in [0.25, 0.3) is 0 Å². The Balaban J connectivity index is 1.80. The van der Waals surface area contributed by atoms with Crippen LogP contribution in [0.3, 0.4) is 0 Å². The summed E-state index contributed by atoms with van der Waals surface area (Å²) in [5.74, 6) is 0.772. The first kappa shape index (κ1) is 12.6. The Bertz CT molecular complexity index is 345. The SMILES string of the molecule is Cc1cccc(CNC(C)C2CCOCC2)c1. The summed E-state index contributed by atoms with van der Waals surface area (Å²) in [6.45, 7) is 7.28. The van der Waals surface area contributed by atoms with Crippen molar-refractivity contribution in [3.8, 4) is 0 Å². The Hall–Kier alpha value is -0.860. The largest absolute Gasteiger partial charge is 0.381 e. The van der Waals surface area contributed by atoms with E-state index in [-0.39, 0.29) is 0 Å². The molecule has 1 aliphatic rings. The van der Waals surface area contributed by atoms with Crippen molar-refractivity contribution in [2.45, 2.75) is 39.3 Å². The number of rotatable bonds is 4. The van der Waals surface area contributed by atoms with Crippen LogP contribution in [0.1, 0.15) is 30.9 Å². The Kier molecular flexibility index (Phi) is 4.57. The van der Waals surface area contributed by atoms with Gasteiger partial charge < -0.3 is 10.1 Å². The fourth-order valence-corrected chi connectivity index (χ4v) is 2.48. The highest BCUT2D eigenvalue weighted by molar-refractivity contribution is 5.22. The highest BCUT2D eigenvalue weighted by Crippen LogP contribution is 2.18. The second kappa shape index (κ2) is 6.18. The molecule has 0 radical (unpaired) electrons. The lowest BCUT2D eigenvalue weighted by molar-refractivity contribution is 0.0558. The molecule has 0 amide bonds. The molecule has 1 unspecified atom stereocenters. The molecule has 1 aromatic carbocycles. The van der Waals surface area contributed by atoms with Gasteiger partial charge in [0.2, 0.25) is 0 Å². The van der Waals surface area contributed by atoms with Crippen molar-refractivity contribution in [2.24, 2.45) is 5.92 Å². The van der Waals surface area contributed by atoms with Crippen molar-refractivity contribution in [1.82, 2.24) is 5.32 Å². The second-order valence-electron chi connectivity index (χ2n) is 5.11. The van der Waals surface area contributed by atoms with Gasteiger partial charge in [-0.1, -0.05) is 29.8 Å². The molecule has 0 aliphatic carbocycles. The molecular weight excluding hydrogens is 210 g/mol. The minimum Gasteiger partial charge on any atom is -0.381 e. The number of benzene rings is 1. The second-order valence-corrected chi connectivity index (χ2v) is 5.11. The lowest BCUT2D eigenvalue weighted by atomic mass is 9.93. The smallest absolute Gasteiger partial charge is 0.0469 e. The summed E-state index contributed by atoms with van der Waals surface area (Å²) in [7, 11) is 0. The van der Waals surface area contributed by atoms with Crippen molar-refractivity contribution in [2.75, 3.05) is 13.2 Å². The van der Waals surface area contributed by atoms with Crippen LogP contribution in [-0.4, -0.2) is 19.3 Å². The van der Waals surface area contributed by atoms with Gasteiger partial charge in [-0.2, -0.15) is 0 Å². The third kappa shape index (κ3) is 3.83. The monoisotopic (exact) mass is 233 g/mol. The van der Waals surface area contributed by atoms with Gasteiger partial charge in [-0.25, -0.2) is 0 Å². The third-order valence-corrected chi connectivity index (χ3v) is 3.68. The molecule has 1 aliphatic heterocycles. The Morgan fingerprint density at radius 2 is 2.12 bits per heavy atom. The minimum atomic E-state index is 0.583. The average Bonchev–Trinajstić information content (AvgIpc) is 2.37. The Morgan fingerprint density at radius 3 is 2.82 bits per heavy atom. The molecule has 94 valence electrons. The van der Waals surface area contributed by atoms with E-state index in [2.05, 4.69) is 43.4 Å². The summed E-state index contributed by atoms with van der Waals surface area (Å²) in [6.07, 6.45) is 2.39. The maximum Gasteiger partial charge on any atom is 0.0469 e. The predicted octanol–water partition coefficient (Wildman–Crippen LogP) is 2.90. The fraction of sp³-hybridized carbons (Fsp3) is 0.600. The standard InChI is InChI=1S/C15H23NO/c1-12-4-3-5-14(10-12)11-16-13(2)15-6-8-17-9-7-15/h3-5,10,13,15-16H,6-9,11H2,1-2H3. The van der Waals surface area contributed by atoms with Crippen molar-refractivity contribution in [3.05, 3.63) is 35.4 Å². The van der Waals surface area contributed by atoms with Gasteiger partial charge in [0.05, 0.1) is 0 Å². The molecule has 2 rings (SSSR count).